The molecule has 0 bridgehead atoms. The summed E-state index contributed by atoms with van der Waals surface area (Å²) in [7, 11) is 3.84. The molecule has 258 valence electrons. The summed E-state index contributed by atoms with van der Waals surface area (Å²) < 4.78 is 43.0. The number of anilines is 2. The molecule has 3 amide bonds. The fraction of sp³-hybridized carbons (Fsp3) is 0.355. The number of benzene rings is 1. The second-order valence-electron chi connectivity index (χ2n) is 12.5. The van der Waals surface area contributed by atoms with Crippen molar-refractivity contribution < 1.29 is 37.1 Å². The number of hydrogen-bond acceptors (Lipinski definition) is 8. The highest BCUT2D eigenvalue weighted by Gasteiger charge is 2.48. The number of aliphatic hydroxyl groups is 1. The number of amides is 3. The Bertz CT molecular complexity index is 1900. The van der Waals surface area contributed by atoms with Crippen molar-refractivity contribution >= 4 is 40.7 Å². The van der Waals surface area contributed by atoms with Gasteiger partial charge in [0.1, 0.15) is 6.10 Å². The number of carbonyl (C=O) groups is 3. The van der Waals surface area contributed by atoms with E-state index in [2.05, 4.69) is 25.4 Å². The molecule has 1 aromatic carbocycles. The number of piperazine rings is 1. The number of nitrogens with zero attached hydrogens (tertiary/aromatic N) is 7. The minimum atomic E-state index is -4.82. The van der Waals surface area contributed by atoms with Crippen LogP contribution in [0.1, 0.15) is 33.1 Å². The Morgan fingerprint density at radius 1 is 1.06 bits per heavy atom. The predicted octanol–water partition coefficient (Wildman–Crippen LogP) is 2.66. The molecule has 2 saturated heterocycles. The standard InChI is InChI=1S/C31H32ClF3N10O4/c1-45(2)12-7-23(46)25(45)30(49)43-10-8-42(9-11-43)29(48)19-5-4-18(13-21(19)32)39-28(47)27-38-15-22(40-27)20-16-44(41-26(20)31(33,34)35)24-6-3-17(36)14-37-24/h3-6,13-16,23,25,46H,7-12,36H2,1-2H3,(H-,38,39,40,47,48)/p+1/t23-,25-/m0/s1. The highest BCUT2D eigenvalue weighted by atomic mass is 35.5. The molecule has 2 aliphatic rings. The average molecular weight is 702 g/mol. The largest absolute Gasteiger partial charge is 0.435 e. The molecule has 6 rings (SSSR count). The third-order valence-corrected chi connectivity index (χ3v) is 9.09. The molecule has 4 aromatic rings. The molecule has 5 heterocycles. The summed E-state index contributed by atoms with van der Waals surface area (Å²) >= 11 is 6.45. The van der Waals surface area contributed by atoms with E-state index in [1.807, 2.05) is 14.1 Å². The van der Waals surface area contributed by atoms with Crippen LogP contribution in [0, 0.1) is 0 Å². The van der Waals surface area contributed by atoms with Gasteiger partial charge in [-0.1, -0.05) is 11.6 Å². The third kappa shape index (κ3) is 6.81. The molecular weight excluding hydrogens is 669 g/mol. The Morgan fingerprint density at radius 3 is 2.39 bits per heavy atom. The van der Waals surface area contributed by atoms with E-state index < -0.39 is 29.9 Å². The van der Waals surface area contributed by atoms with Crippen molar-refractivity contribution in [1.29, 1.82) is 0 Å². The van der Waals surface area contributed by atoms with Crippen LogP contribution in [-0.2, 0) is 11.0 Å². The number of pyridine rings is 1. The number of likely N-dealkylation sites (N-methyl/N-ethyl adjacent to an activating group) is 1. The van der Waals surface area contributed by atoms with Crippen molar-refractivity contribution in [3.05, 3.63) is 71.0 Å². The van der Waals surface area contributed by atoms with Crippen molar-refractivity contribution in [2.24, 2.45) is 0 Å². The molecular formula is C31H33ClF3N10O4+. The normalized spacial score (nSPS) is 19.2. The number of imidazole rings is 1. The molecule has 18 heteroatoms. The van der Waals surface area contributed by atoms with Crippen LogP contribution in [-0.4, -0.2) is 121 Å². The zero-order valence-electron chi connectivity index (χ0n) is 26.4. The average Bonchev–Trinajstić information content (AvgIpc) is 3.78. The smallest absolute Gasteiger partial charge is 0.397 e. The lowest BCUT2D eigenvalue weighted by Gasteiger charge is -2.39. The zero-order chi connectivity index (χ0) is 35.2. The number of likely N-dealkylation sites (tertiary alicyclic amines) is 1. The number of aromatic amines is 1. The van der Waals surface area contributed by atoms with Crippen LogP contribution in [0.25, 0.3) is 17.1 Å². The summed E-state index contributed by atoms with van der Waals surface area (Å²) in [5, 5.41) is 16.7. The fourth-order valence-corrected chi connectivity index (χ4v) is 6.40. The van der Waals surface area contributed by atoms with Gasteiger partial charge in [0, 0.05) is 44.5 Å². The molecule has 3 aromatic heterocycles. The minimum Gasteiger partial charge on any atom is -0.397 e. The van der Waals surface area contributed by atoms with Crippen molar-refractivity contribution in [2.45, 2.75) is 24.7 Å². The number of hydrogen-bond donors (Lipinski definition) is 4. The first-order valence-electron chi connectivity index (χ1n) is 15.3. The summed E-state index contributed by atoms with van der Waals surface area (Å²) in [6, 6.07) is 6.64. The quantitative estimate of drug-likeness (QED) is 0.222. The number of nitrogens with two attached hydrogens (primary N) is 1. The van der Waals surface area contributed by atoms with Gasteiger partial charge in [0.05, 0.1) is 60.6 Å². The lowest BCUT2D eigenvalue weighted by molar-refractivity contribution is -0.895. The Kier molecular flexibility index (Phi) is 8.85. The molecule has 2 atom stereocenters. The van der Waals surface area contributed by atoms with E-state index in [-0.39, 0.29) is 64.1 Å². The number of aliphatic hydroxyl groups excluding tert-OH is 1. The van der Waals surface area contributed by atoms with E-state index in [1.165, 1.54) is 36.5 Å². The van der Waals surface area contributed by atoms with Gasteiger partial charge in [-0.05, 0) is 30.3 Å². The lowest BCUT2D eigenvalue weighted by Crippen LogP contribution is -2.60. The van der Waals surface area contributed by atoms with Gasteiger partial charge >= 0.3 is 6.18 Å². The first-order chi connectivity index (χ1) is 23.1. The molecule has 14 nitrogen and oxygen atoms in total. The molecule has 0 spiro atoms. The van der Waals surface area contributed by atoms with E-state index in [1.54, 1.807) is 9.80 Å². The van der Waals surface area contributed by atoms with E-state index in [4.69, 9.17) is 17.3 Å². The number of alkyl halides is 3. The number of nitrogen functional groups attached to an aromatic ring is 1. The van der Waals surface area contributed by atoms with Crippen molar-refractivity contribution in [3.8, 4) is 17.1 Å². The van der Waals surface area contributed by atoms with E-state index >= 15 is 0 Å². The van der Waals surface area contributed by atoms with Gasteiger partial charge in [-0.3, -0.25) is 14.4 Å². The van der Waals surface area contributed by atoms with Crippen LogP contribution in [0.2, 0.25) is 5.02 Å². The number of H-pyrrole nitrogens is 1. The van der Waals surface area contributed by atoms with Crippen LogP contribution in [0.4, 0.5) is 24.5 Å². The molecule has 0 unspecified atom stereocenters. The minimum absolute atomic E-state index is 0.0630. The van der Waals surface area contributed by atoms with E-state index in [0.717, 1.165) is 17.1 Å². The maximum absolute atomic E-state index is 13.9. The van der Waals surface area contributed by atoms with Crippen LogP contribution in [0.3, 0.4) is 0 Å². The maximum Gasteiger partial charge on any atom is 0.435 e. The molecule has 5 N–H and O–H groups in total. The first kappa shape index (κ1) is 33.9. The van der Waals surface area contributed by atoms with Crippen LogP contribution < -0.4 is 11.1 Å². The fourth-order valence-electron chi connectivity index (χ4n) is 6.14. The van der Waals surface area contributed by atoms with Crippen LogP contribution in [0.5, 0.6) is 0 Å². The number of halogens is 4. The summed E-state index contributed by atoms with van der Waals surface area (Å²) in [5.41, 5.74) is 4.68. The molecule has 0 radical (unpaired) electrons. The van der Waals surface area contributed by atoms with Gasteiger partial charge in [-0.25, -0.2) is 14.6 Å². The third-order valence-electron chi connectivity index (χ3n) is 8.78. The molecule has 2 fully saturated rings. The van der Waals surface area contributed by atoms with Gasteiger partial charge < -0.3 is 35.4 Å². The van der Waals surface area contributed by atoms with Gasteiger partial charge in [0.2, 0.25) is 0 Å². The summed E-state index contributed by atoms with van der Waals surface area (Å²) in [6.45, 7) is 1.89. The first-order valence-corrected chi connectivity index (χ1v) is 15.6. The predicted molar refractivity (Wildman–Crippen MR) is 172 cm³/mol. The lowest BCUT2D eigenvalue weighted by atomic mass is 10.1. The summed E-state index contributed by atoms with van der Waals surface area (Å²) in [6.07, 6.45) is -1.49. The Balaban J connectivity index is 1.10. The topological polar surface area (TPSA) is 175 Å². The SMILES string of the molecule is C[N+]1(C)CC[C@H](O)[C@H]1C(=O)N1CCN(C(=O)c2ccc(NC(=O)c3ncc(-c4cn(-c5ccc(N)cn5)nc4C(F)(F)F)[nH]3)cc2Cl)CC1. The Morgan fingerprint density at radius 2 is 1.78 bits per heavy atom. The maximum atomic E-state index is 13.9. The number of rotatable bonds is 6. The number of nitrogens with one attached hydrogen (secondary N) is 2. The number of quaternary nitrogens is 1. The Hall–Kier alpha value is -5.00. The Labute approximate surface area is 282 Å². The van der Waals surface area contributed by atoms with Gasteiger partial charge in [0.25, 0.3) is 17.7 Å². The van der Waals surface area contributed by atoms with Crippen LogP contribution in [0.15, 0.2) is 48.9 Å². The summed E-state index contributed by atoms with van der Waals surface area (Å²) in [4.78, 5) is 53.3. The van der Waals surface area contributed by atoms with Gasteiger partial charge in [-0.15, -0.1) is 0 Å². The molecule has 2 aliphatic heterocycles. The molecule has 0 aliphatic carbocycles. The van der Waals surface area contributed by atoms with E-state index in [9.17, 15) is 32.7 Å². The second-order valence-corrected chi connectivity index (χ2v) is 12.9. The van der Waals surface area contributed by atoms with Crippen LogP contribution >= 0.6 is 11.6 Å². The van der Waals surface area contributed by atoms with Gasteiger partial charge in [0.15, 0.2) is 23.4 Å². The highest BCUT2D eigenvalue weighted by Crippen LogP contribution is 2.36. The van der Waals surface area contributed by atoms with E-state index in [0.29, 0.717) is 36.2 Å². The number of carbonyl (C=O) groups excluding carboxylic acids is 3. The van der Waals surface area contributed by atoms with Crippen molar-refractivity contribution in [3.63, 3.8) is 0 Å². The molecule has 0 saturated carbocycles. The van der Waals surface area contributed by atoms with Crippen molar-refractivity contribution in [2.75, 3.05) is 57.9 Å². The monoisotopic (exact) mass is 701 g/mol. The number of aromatic nitrogens is 5. The molecule has 49 heavy (non-hydrogen) atoms. The van der Waals surface area contributed by atoms with Crippen molar-refractivity contribution in [1.82, 2.24) is 34.5 Å². The second kappa shape index (κ2) is 12.8. The highest BCUT2D eigenvalue weighted by molar-refractivity contribution is 6.34. The summed E-state index contributed by atoms with van der Waals surface area (Å²) in [5.74, 6) is -1.42. The zero-order valence-corrected chi connectivity index (χ0v) is 27.2. The van der Waals surface area contributed by atoms with Gasteiger partial charge in [-0.2, -0.15) is 18.3 Å².